The number of aromatic nitrogens is 1. The number of ether oxygens (including phenoxy) is 1. The Morgan fingerprint density at radius 3 is 2.21 bits per heavy atom. The molecule has 0 spiro atoms. The number of carbonyl (C=O) groups excluding carboxylic acids is 2. The fourth-order valence-electron chi connectivity index (χ4n) is 4.46. The Morgan fingerprint density at radius 2 is 1.51 bits per heavy atom. The lowest BCUT2D eigenvalue weighted by molar-refractivity contribution is 0.0977. The topological polar surface area (TPSA) is 97.2 Å². The van der Waals surface area contributed by atoms with Crippen LogP contribution in [-0.4, -0.2) is 23.8 Å². The van der Waals surface area contributed by atoms with Crippen molar-refractivity contribution in [1.82, 2.24) is 4.98 Å². The molecule has 6 heteroatoms. The first-order chi connectivity index (χ1) is 19.0. The third-order valence-electron chi connectivity index (χ3n) is 6.65. The van der Waals surface area contributed by atoms with Gasteiger partial charge in [-0.1, -0.05) is 66.7 Å². The van der Waals surface area contributed by atoms with Gasteiger partial charge in [0.25, 0.3) is 5.91 Å². The van der Waals surface area contributed by atoms with Crippen LogP contribution in [0.25, 0.3) is 22.4 Å². The van der Waals surface area contributed by atoms with Gasteiger partial charge in [-0.3, -0.25) is 9.59 Å². The molecule has 0 aliphatic carbocycles. The van der Waals surface area contributed by atoms with Crippen molar-refractivity contribution in [2.75, 3.05) is 18.2 Å². The number of Topliss-reactive ketones (excluding diaryl/α,β-unsaturated/α-hetero) is 1. The van der Waals surface area contributed by atoms with Crippen molar-refractivity contribution < 1.29 is 14.3 Å². The number of ketones is 1. The smallest absolute Gasteiger partial charge is 0.255 e. The number of nitrogen functional groups attached to an aromatic ring is 1. The molecule has 0 bridgehead atoms. The molecule has 0 unspecified atom stereocenters. The summed E-state index contributed by atoms with van der Waals surface area (Å²) >= 11 is 0. The Balaban J connectivity index is 1.31. The van der Waals surface area contributed by atoms with Gasteiger partial charge in [0, 0.05) is 23.2 Å². The van der Waals surface area contributed by atoms with E-state index in [1.807, 2.05) is 84.9 Å². The molecule has 0 atom stereocenters. The number of rotatable bonds is 9. The first-order valence-corrected chi connectivity index (χ1v) is 12.7. The molecular weight excluding hydrogens is 486 g/mol. The highest BCUT2D eigenvalue weighted by Gasteiger charge is 2.18. The number of aromatic amines is 1. The first kappa shape index (κ1) is 25.5. The van der Waals surface area contributed by atoms with E-state index >= 15 is 0 Å². The van der Waals surface area contributed by atoms with Crippen molar-refractivity contribution in [3.8, 4) is 28.1 Å². The van der Waals surface area contributed by atoms with Crippen molar-refractivity contribution in [1.29, 1.82) is 0 Å². The summed E-state index contributed by atoms with van der Waals surface area (Å²) < 4.78 is 5.30. The van der Waals surface area contributed by atoms with Gasteiger partial charge in [0.2, 0.25) is 0 Å². The number of aryl methyl sites for hydroxylation is 1. The van der Waals surface area contributed by atoms with E-state index in [0.717, 1.165) is 33.7 Å². The minimum Gasteiger partial charge on any atom is -0.497 e. The van der Waals surface area contributed by atoms with E-state index in [4.69, 9.17) is 10.5 Å². The number of nitrogens with two attached hydrogens (primary N) is 1. The van der Waals surface area contributed by atoms with Crippen molar-refractivity contribution in [3.05, 3.63) is 126 Å². The minimum absolute atomic E-state index is 0.0179. The molecule has 4 aromatic carbocycles. The number of H-pyrrole nitrogens is 1. The third-order valence-corrected chi connectivity index (χ3v) is 6.65. The quantitative estimate of drug-likeness (QED) is 0.145. The Morgan fingerprint density at radius 1 is 0.821 bits per heavy atom. The summed E-state index contributed by atoms with van der Waals surface area (Å²) in [6.07, 6.45) is 0.873. The van der Waals surface area contributed by atoms with Gasteiger partial charge < -0.3 is 20.8 Å². The van der Waals surface area contributed by atoms with E-state index in [1.165, 1.54) is 0 Å². The standard InChI is InChI=1S/C33H29N3O3/c1-39-26-18-16-23(17-19-26)27-21-30(24-7-3-2-4-8-24)35-32(27)31(37)20-13-22-11-14-25(15-12-22)33(38)36-29-10-6-5-9-28(29)34/h2-12,14-19,21,35H,13,20,34H2,1H3,(H,36,38). The molecule has 0 aliphatic heterocycles. The zero-order valence-electron chi connectivity index (χ0n) is 21.6. The van der Waals surface area contributed by atoms with E-state index in [9.17, 15) is 9.59 Å². The second kappa shape index (κ2) is 11.5. The van der Waals surface area contributed by atoms with Crippen LogP contribution in [0, 0.1) is 0 Å². The highest BCUT2D eigenvalue weighted by atomic mass is 16.5. The number of hydrogen-bond acceptors (Lipinski definition) is 4. The van der Waals surface area contributed by atoms with Gasteiger partial charge in [-0.25, -0.2) is 0 Å². The predicted molar refractivity (Wildman–Crippen MR) is 156 cm³/mol. The highest BCUT2D eigenvalue weighted by molar-refractivity contribution is 6.06. The van der Waals surface area contributed by atoms with Crippen LogP contribution in [-0.2, 0) is 6.42 Å². The van der Waals surface area contributed by atoms with Crippen molar-refractivity contribution in [2.24, 2.45) is 0 Å². The van der Waals surface area contributed by atoms with Crippen molar-refractivity contribution in [2.45, 2.75) is 12.8 Å². The first-order valence-electron chi connectivity index (χ1n) is 12.7. The number of carbonyl (C=O) groups is 2. The normalized spacial score (nSPS) is 10.7. The average molecular weight is 516 g/mol. The lowest BCUT2D eigenvalue weighted by Crippen LogP contribution is -2.13. The number of methoxy groups -OCH3 is 1. The molecule has 0 saturated heterocycles. The lowest BCUT2D eigenvalue weighted by atomic mass is 9.99. The Hall–Kier alpha value is -5.10. The van der Waals surface area contributed by atoms with E-state index in [-0.39, 0.29) is 11.7 Å². The van der Waals surface area contributed by atoms with Crippen LogP contribution in [0.15, 0.2) is 109 Å². The largest absolute Gasteiger partial charge is 0.497 e. The summed E-state index contributed by atoms with van der Waals surface area (Å²) in [5.74, 6) is 0.540. The molecule has 0 fully saturated rings. The van der Waals surface area contributed by atoms with Crippen LogP contribution in [0.5, 0.6) is 5.75 Å². The van der Waals surface area contributed by atoms with Crippen LogP contribution < -0.4 is 15.8 Å². The Kier molecular flexibility index (Phi) is 7.55. The second-order valence-corrected chi connectivity index (χ2v) is 9.23. The average Bonchev–Trinajstić information content (AvgIpc) is 3.44. The van der Waals surface area contributed by atoms with Gasteiger partial charge in [-0.15, -0.1) is 0 Å². The molecule has 0 radical (unpaired) electrons. The van der Waals surface area contributed by atoms with Gasteiger partial charge in [-0.2, -0.15) is 0 Å². The SMILES string of the molecule is COc1ccc(-c2cc(-c3ccccc3)[nH]c2C(=O)CCc2ccc(C(=O)Nc3ccccc3N)cc2)cc1. The molecule has 5 aromatic rings. The molecule has 4 N–H and O–H groups in total. The van der Waals surface area contributed by atoms with Gasteiger partial charge in [-0.05, 0) is 65.6 Å². The van der Waals surface area contributed by atoms with Crippen LogP contribution >= 0.6 is 0 Å². The van der Waals surface area contributed by atoms with Crippen molar-refractivity contribution in [3.63, 3.8) is 0 Å². The fourth-order valence-corrected chi connectivity index (χ4v) is 4.46. The summed E-state index contributed by atoms with van der Waals surface area (Å²) in [4.78, 5) is 29.5. The van der Waals surface area contributed by atoms with Crippen LogP contribution in [0.2, 0.25) is 0 Å². The molecule has 0 aliphatic rings. The Labute approximate surface area is 227 Å². The number of anilines is 2. The summed E-state index contributed by atoms with van der Waals surface area (Å²) in [5.41, 5.74) is 12.8. The predicted octanol–water partition coefficient (Wildman–Crippen LogP) is 7.01. The van der Waals surface area contributed by atoms with E-state index in [1.54, 1.807) is 31.4 Å². The summed E-state index contributed by atoms with van der Waals surface area (Å²) in [7, 11) is 1.63. The maximum absolute atomic E-state index is 13.5. The molecule has 1 amide bonds. The monoisotopic (exact) mass is 515 g/mol. The van der Waals surface area contributed by atoms with Gasteiger partial charge >= 0.3 is 0 Å². The second-order valence-electron chi connectivity index (χ2n) is 9.23. The Bertz CT molecular complexity index is 1590. The summed E-state index contributed by atoms with van der Waals surface area (Å²) in [6.45, 7) is 0. The third kappa shape index (κ3) is 5.91. The number of hydrogen-bond donors (Lipinski definition) is 3. The van der Waals surface area contributed by atoms with Crippen LogP contribution in [0.3, 0.4) is 0 Å². The zero-order chi connectivity index (χ0) is 27.2. The number of para-hydroxylation sites is 2. The van der Waals surface area contributed by atoms with E-state index in [2.05, 4.69) is 10.3 Å². The molecule has 0 saturated carbocycles. The maximum Gasteiger partial charge on any atom is 0.255 e. The number of benzene rings is 4. The van der Waals surface area contributed by atoms with Gasteiger partial charge in [0.1, 0.15) is 5.75 Å². The molecule has 6 nitrogen and oxygen atoms in total. The van der Waals surface area contributed by atoms with E-state index in [0.29, 0.717) is 35.5 Å². The van der Waals surface area contributed by atoms with Gasteiger partial charge in [0.15, 0.2) is 5.78 Å². The van der Waals surface area contributed by atoms with Gasteiger partial charge in [0.05, 0.1) is 24.2 Å². The van der Waals surface area contributed by atoms with Crippen LogP contribution in [0.4, 0.5) is 11.4 Å². The maximum atomic E-state index is 13.5. The van der Waals surface area contributed by atoms with Crippen molar-refractivity contribution >= 4 is 23.1 Å². The molecule has 39 heavy (non-hydrogen) atoms. The number of amides is 1. The molecule has 1 aromatic heterocycles. The van der Waals surface area contributed by atoms with E-state index < -0.39 is 0 Å². The summed E-state index contributed by atoms with van der Waals surface area (Å²) in [5, 5.41) is 2.83. The molecule has 194 valence electrons. The van der Waals surface area contributed by atoms with Crippen LogP contribution in [0.1, 0.15) is 32.8 Å². The molecular formula is C33H29N3O3. The lowest BCUT2D eigenvalue weighted by Gasteiger charge is -2.09. The highest BCUT2D eigenvalue weighted by Crippen LogP contribution is 2.32. The molecule has 1 heterocycles. The summed E-state index contributed by atoms with van der Waals surface area (Å²) in [6, 6.07) is 34.1. The molecule has 5 rings (SSSR count). The minimum atomic E-state index is -0.237. The zero-order valence-corrected chi connectivity index (χ0v) is 21.6. The number of nitrogens with one attached hydrogen (secondary N) is 2. The fraction of sp³-hybridized carbons (Fsp3) is 0.0909.